The van der Waals surface area contributed by atoms with Crippen LogP contribution in [0.15, 0.2) is 29.6 Å². The lowest BCUT2D eigenvalue weighted by Crippen LogP contribution is -2.46. The second-order valence-corrected chi connectivity index (χ2v) is 7.21. The zero-order chi connectivity index (χ0) is 18.4. The number of hydrogen-bond acceptors (Lipinski definition) is 4. The van der Waals surface area contributed by atoms with Crippen molar-refractivity contribution in [2.75, 3.05) is 6.54 Å². The van der Waals surface area contributed by atoms with Crippen molar-refractivity contribution >= 4 is 39.2 Å². The molecule has 0 radical (unpaired) electrons. The molecule has 2 rings (SSSR count). The van der Waals surface area contributed by atoms with Gasteiger partial charge in [-0.05, 0) is 34.7 Å². The lowest BCUT2D eigenvalue weighted by Gasteiger charge is -2.16. The summed E-state index contributed by atoms with van der Waals surface area (Å²) in [4.78, 5) is 35.1. The van der Waals surface area contributed by atoms with Gasteiger partial charge < -0.3 is 15.7 Å². The fourth-order valence-corrected chi connectivity index (χ4v) is 3.49. The number of rotatable bonds is 8. The second kappa shape index (κ2) is 8.62. The SMILES string of the molecule is CC(C)C[C@H](NC(=O)CNC(=O)Cc1csc2ccccc12)C(=O)O. The number of aliphatic carboxylic acids is 1. The maximum Gasteiger partial charge on any atom is 0.326 e. The Labute approximate surface area is 150 Å². The van der Waals surface area contributed by atoms with Gasteiger partial charge >= 0.3 is 5.97 Å². The smallest absolute Gasteiger partial charge is 0.326 e. The first-order valence-electron chi connectivity index (χ1n) is 8.10. The van der Waals surface area contributed by atoms with Crippen molar-refractivity contribution in [1.29, 1.82) is 0 Å². The highest BCUT2D eigenvalue weighted by molar-refractivity contribution is 7.17. The summed E-state index contributed by atoms with van der Waals surface area (Å²) in [5, 5.41) is 17.1. The minimum absolute atomic E-state index is 0.142. The molecule has 3 N–H and O–H groups in total. The summed E-state index contributed by atoms with van der Waals surface area (Å²) in [5.41, 5.74) is 0.918. The lowest BCUT2D eigenvalue weighted by molar-refractivity contribution is -0.142. The third-order valence-corrected chi connectivity index (χ3v) is 4.71. The maximum atomic E-state index is 12.1. The Morgan fingerprint density at radius 1 is 1.16 bits per heavy atom. The molecular formula is C18H22N2O4S. The average molecular weight is 362 g/mol. The monoisotopic (exact) mass is 362 g/mol. The van der Waals surface area contributed by atoms with E-state index >= 15 is 0 Å². The molecular weight excluding hydrogens is 340 g/mol. The third-order valence-electron chi connectivity index (χ3n) is 3.70. The maximum absolute atomic E-state index is 12.1. The van der Waals surface area contributed by atoms with Gasteiger partial charge in [0.1, 0.15) is 6.04 Å². The van der Waals surface area contributed by atoms with Crippen molar-refractivity contribution in [3.63, 3.8) is 0 Å². The van der Waals surface area contributed by atoms with Crippen LogP contribution in [0, 0.1) is 5.92 Å². The molecule has 0 saturated heterocycles. The van der Waals surface area contributed by atoms with Crippen LogP contribution in [0.25, 0.3) is 10.1 Å². The van der Waals surface area contributed by atoms with Gasteiger partial charge in [0.2, 0.25) is 11.8 Å². The van der Waals surface area contributed by atoms with Crippen molar-refractivity contribution in [2.24, 2.45) is 5.92 Å². The van der Waals surface area contributed by atoms with Gasteiger partial charge in [0.25, 0.3) is 0 Å². The summed E-state index contributed by atoms with van der Waals surface area (Å²) in [6, 6.07) is 6.89. The minimum atomic E-state index is -1.07. The van der Waals surface area contributed by atoms with E-state index in [0.717, 1.165) is 15.6 Å². The molecule has 0 spiro atoms. The number of fused-ring (bicyclic) bond motifs is 1. The normalized spacial score (nSPS) is 12.1. The number of amides is 2. The quantitative estimate of drug-likeness (QED) is 0.671. The molecule has 2 aromatic rings. The number of benzene rings is 1. The van der Waals surface area contributed by atoms with Gasteiger partial charge in [0.05, 0.1) is 13.0 Å². The van der Waals surface area contributed by atoms with Crippen LogP contribution >= 0.6 is 11.3 Å². The van der Waals surface area contributed by atoms with Gasteiger partial charge in [-0.2, -0.15) is 0 Å². The van der Waals surface area contributed by atoms with Gasteiger partial charge in [-0.3, -0.25) is 9.59 Å². The number of carbonyl (C=O) groups excluding carboxylic acids is 2. The van der Waals surface area contributed by atoms with Crippen molar-refractivity contribution in [3.8, 4) is 0 Å². The molecule has 6 nitrogen and oxygen atoms in total. The minimum Gasteiger partial charge on any atom is -0.480 e. The summed E-state index contributed by atoms with van der Waals surface area (Å²) < 4.78 is 1.11. The fourth-order valence-electron chi connectivity index (χ4n) is 2.52. The van der Waals surface area contributed by atoms with Crippen molar-refractivity contribution in [2.45, 2.75) is 32.7 Å². The first-order chi connectivity index (χ1) is 11.9. The van der Waals surface area contributed by atoms with Crippen LogP contribution in [0.3, 0.4) is 0 Å². The predicted molar refractivity (Wildman–Crippen MR) is 97.6 cm³/mol. The van der Waals surface area contributed by atoms with E-state index in [2.05, 4.69) is 10.6 Å². The molecule has 7 heteroatoms. The Balaban J connectivity index is 1.84. The molecule has 134 valence electrons. The van der Waals surface area contributed by atoms with Crippen molar-refractivity contribution in [1.82, 2.24) is 10.6 Å². The van der Waals surface area contributed by atoms with Crippen LogP contribution < -0.4 is 10.6 Å². The Morgan fingerprint density at radius 2 is 1.88 bits per heavy atom. The summed E-state index contributed by atoms with van der Waals surface area (Å²) in [6.45, 7) is 3.53. The number of carbonyl (C=O) groups is 3. The molecule has 0 fully saturated rings. The number of hydrogen-bond donors (Lipinski definition) is 3. The number of nitrogens with one attached hydrogen (secondary N) is 2. The van der Waals surface area contributed by atoms with E-state index in [1.54, 1.807) is 11.3 Å². The molecule has 25 heavy (non-hydrogen) atoms. The van der Waals surface area contributed by atoms with Crippen molar-refractivity contribution in [3.05, 3.63) is 35.2 Å². The summed E-state index contributed by atoms with van der Waals surface area (Å²) in [7, 11) is 0. The number of carboxylic acid groups (broad SMARTS) is 1. The lowest BCUT2D eigenvalue weighted by atomic mass is 10.0. The molecule has 0 aliphatic carbocycles. The third kappa shape index (κ3) is 5.56. The van der Waals surface area contributed by atoms with Gasteiger partial charge in [0.15, 0.2) is 0 Å². The van der Waals surface area contributed by atoms with Gasteiger partial charge in [0, 0.05) is 4.70 Å². The van der Waals surface area contributed by atoms with Gasteiger partial charge in [-0.15, -0.1) is 11.3 Å². The predicted octanol–water partition coefficient (Wildman–Crippen LogP) is 2.18. The van der Waals surface area contributed by atoms with Crippen LogP contribution in [0.1, 0.15) is 25.8 Å². The van der Waals surface area contributed by atoms with E-state index < -0.39 is 17.9 Å². The number of carboxylic acids is 1. The highest BCUT2D eigenvalue weighted by Gasteiger charge is 2.21. The van der Waals surface area contributed by atoms with Gasteiger partial charge in [-0.1, -0.05) is 32.0 Å². The molecule has 0 unspecified atom stereocenters. The molecule has 0 aliphatic heterocycles. The second-order valence-electron chi connectivity index (χ2n) is 6.30. The molecule has 0 saturated carbocycles. The molecule has 0 bridgehead atoms. The first-order valence-corrected chi connectivity index (χ1v) is 8.98. The van der Waals surface area contributed by atoms with E-state index in [-0.39, 0.29) is 24.8 Å². The fraction of sp³-hybridized carbons (Fsp3) is 0.389. The highest BCUT2D eigenvalue weighted by Crippen LogP contribution is 2.25. The Bertz CT molecular complexity index is 769. The first kappa shape index (κ1) is 18.9. The Kier molecular flexibility index (Phi) is 6.52. The van der Waals surface area contributed by atoms with E-state index in [9.17, 15) is 14.4 Å². The summed E-state index contributed by atoms with van der Waals surface area (Å²) >= 11 is 1.57. The van der Waals surface area contributed by atoms with E-state index in [1.807, 2.05) is 43.5 Å². The highest BCUT2D eigenvalue weighted by atomic mass is 32.1. The van der Waals surface area contributed by atoms with Crippen LogP contribution in [-0.4, -0.2) is 35.5 Å². The average Bonchev–Trinajstić information content (AvgIpc) is 2.95. The van der Waals surface area contributed by atoms with E-state index in [1.165, 1.54) is 0 Å². The number of thiophene rings is 1. The Hall–Kier alpha value is -2.41. The largest absolute Gasteiger partial charge is 0.480 e. The molecule has 1 heterocycles. The molecule has 0 aliphatic rings. The van der Waals surface area contributed by atoms with Crippen molar-refractivity contribution < 1.29 is 19.5 Å². The molecule has 1 atom stereocenters. The Morgan fingerprint density at radius 3 is 2.56 bits per heavy atom. The molecule has 1 aromatic heterocycles. The van der Waals surface area contributed by atoms with E-state index in [0.29, 0.717) is 6.42 Å². The molecule has 2 amide bonds. The zero-order valence-electron chi connectivity index (χ0n) is 14.2. The van der Waals surface area contributed by atoms with Crippen LogP contribution in [-0.2, 0) is 20.8 Å². The molecule has 1 aromatic carbocycles. The summed E-state index contributed by atoms with van der Waals surface area (Å²) in [6.07, 6.45) is 0.529. The van der Waals surface area contributed by atoms with E-state index in [4.69, 9.17) is 5.11 Å². The van der Waals surface area contributed by atoms with Crippen LogP contribution in [0.4, 0.5) is 0 Å². The topological polar surface area (TPSA) is 95.5 Å². The van der Waals surface area contributed by atoms with Gasteiger partial charge in [-0.25, -0.2) is 4.79 Å². The van der Waals surface area contributed by atoms with Crippen LogP contribution in [0.5, 0.6) is 0 Å². The standard InChI is InChI=1S/C18H22N2O4S/c1-11(2)7-14(18(23)24)20-17(22)9-19-16(21)8-12-10-25-15-6-4-3-5-13(12)15/h3-6,10-11,14H,7-9H2,1-2H3,(H,19,21)(H,20,22)(H,23,24)/t14-/m0/s1. The van der Waals surface area contributed by atoms with Crippen LogP contribution in [0.2, 0.25) is 0 Å². The zero-order valence-corrected chi connectivity index (χ0v) is 15.1. The summed E-state index contributed by atoms with van der Waals surface area (Å²) in [5.74, 6) is -1.70.